The van der Waals surface area contributed by atoms with Gasteiger partial charge in [0.15, 0.2) is 0 Å². The summed E-state index contributed by atoms with van der Waals surface area (Å²) in [5, 5.41) is 7.22. The standard InChI is InChI=1S/C13H19BrN4O2/c14-10-7-17-18(8-9-3-1-4-9)13(20)12(10)16-6-2-5-11(15)19/h7,9,16H,1-6,8H2,(H2,15,19). The lowest BCUT2D eigenvalue weighted by molar-refractivity contribution is -0.118. The first-order chi connectivity index (χ1) is 9.58. The Bertz CT molecular complexity index is 540. The number of rotatable bonds is 7. The van der Waals surface area contributed by atoms with E-state index < -0.39 is 0 Å². The van der Waals surface area contributed by atoms with E-state index >= 15 is 0 Å². The first-order valence-electron chi connectivity index (χ1n) is 6.85. The minimum atomic E-state index is -0.331. The van der Waals surface area contributed by atoms with E-state index in [1.54, 1.807) is 6.20 Å². The average Bonchev–Trinajstić information content (AvgIpc) is 2.34. The Balaban J connectivity index is 2.00. The molecule has 1 aliphatic rings. The molecule has 1 heterocycles. The van der Waals surface area contributed by atoms with Crippen molar-refractivity contribution in [3.8, 4) is 0 Å². The molecule has 7 heteroatoms. The van der Waals surface area contributed by atoms with Gasteiger partial charge in [-0.05, 0) is 41.1 Å². The molecule has 0 spiro atoms. The number of aromatic nitrogens is 2. The zero-order valence-electron chi connectivity index (χ0n) is 11.3. The quantitative estimate of drug-likeness (QED) is 0.734. The van der Waals surface area contributed by atoms with Gasteiger partial charge < -0.3 is 11.1 Å². The van der Waals surface area contributed by atoms with E-state index in [0.717, 1.165) is 0 Å². The first kappa shape index (κ1) is 15.0. The van der Waals surface area contributed by atoms with Gasteiger partial charge >= 0.3 is 0 Å². The highest BCUT2D eigenvalue weighted by molar-refractivity contribution is 9.10. The van der Waals surface area contributed by atoms with Crippen LogP contribution in [0.2, 0.25) is 0 Å². The van der Waals surface area contributed by atoms with E-state index in [-0.39, 0.29) is 11.5 Å². The SMILES string of the molecule is NC(=O)CCCNc1c(Br)cnn(CC2CCC2)c1=O. The third kappa shape index (κ3) is 3.82. The van der Waals surface area contributed by atoms with Gasteiger partial charge in [0.25, 0.3) is 5.56 Å². The van der Waals surface area contributed by atoms with Crippen LogP contribution in [0.4, 0.5) is 5.69 Å². The molecule has 0 bridgehead atoms. The molecule has 1 aromatic heterocycles. The maximum absolute atomic E-state index is 12.3. The Morgan fingerprint density at radius 1 is 1.55 bits per heavy atom. The van der Waals surface area contributed by atoms with Crippen molar-refractivity contribution in [1.29, 1.82) is 0 Å². The fourth-order valence-electron chi connectivity index (χ4n) is 2.15. The molecule has 0 radical (unpaired) electrons. The highest BCUT2D eigenvalue weighted by atomic mass is 79.9. The van der Waals surface area contributed by atoms with Crippen molar-refractivity contribution in [3.63, 3.8) is 0 Å². The molecule has 1 aromatic rings. The highest BCUT2D eigenvalue weighted by Crippen LogP contribution is 2.27. The maximum atomic E-state index is 12.3. The van der Waals surface area contributed by atoms with Crippen LogP contribution in [0.5, 0.6) is 0 Å². The monoisotopic (exact) mass is 342 g/mol. The van der Waals surface area contributed by atoms with E-state index in [0.29, 0.717) is 42.0 Å². The summed E-state index contributed by atoms with van der Waals surface area (Å²) < 4.78 is 2.16. The second kappa shape index (κ2) is 6.88. The van der Waals surface area contributed by atoms with E-state index in [1.807, 2.05) is 0 Å². The lowest BCUT2D eigenvalue weighted by atomic mass is 9.85. The molecule has 0 aromatic carbocycles. The number of nitrogens with one attached hydrogen (secondary N) is 1. The van der Waals surface area contributed by atoms with Crippen LogP contribution in [0.25, 0.3) is 0 Å². The molecule has 0 aliphatic heterocycles. The summed E-state index contributed by atoms with van der Waals surface area (Å²) in [5.41, 5.74) is 5.46. The maximum Gasteiger partial charge on any atom is 0.291 e. The minimum absolute atomic E-state index is 0.120. The molecule has 1 amide bonds. The number of hydrogen-bond acceptors (Lipinski definition) is 4. The average molecular weight is 343 g/mol. The molecule has 110 valence electrons. The Labute approximate surface area is 125 Å². The number of amides is 1. The second-order valence-corrected chi connectivity index (χ2v) is 6.00. The van der Waals surface area contributed by atoms with Crippen molar-refractivity contribution in [2.75, 3.05) is 11.9 Å². The third-order valence-corrected chi connectivity index (χ3v) is 4.16. The van der Waals surface area contributed by atoms with Crippen molar-refractivity contribution >= 4 is 27.5 Å². The molecular formula is C13H19BrN4O2. The second-order valence-electron chi connectivity index (χ2n) is 5.15. The summed E-state index contributed by atoms with van der Waals surface area (Å²) in [7, 11) is 0. The number of carbonyl (C=O) groups excluding carboxylic acids is 1. The number of anilines is 1. The summed E-state index contributed by atoms with van der Waals surface area (Å²) in [5.74, 6) is 0.243. The molecule has 20 heavy (non-hydrogen) atoms. The van der Waals surface area contributed by atoms with Gasteiger partial charge in [-0.15, -0.1) is 0 Å². The molecule has 0 saturated heterocycles. The molecule has 1 aliphatic carbocycles. The Kier molecular flexibility index (Phi) is 5.17. The number of halogens is 1. The van der Waals surface area contributed by atoms with Gasteiger partial charge in [0.1, 0.15) is 5.69 Å². The van der Waals surface area contributed by atoms with Crippen LogP contribution in [0.3, 0.4) is 0 Å². The fourth-order valence-corrected chi connectivity index (χ4v) is 2.56. The molecule has 3 N–H and O–H groups in total. The van der Waals surface area contributed by atoms with Crippen LogP contribution in [0.15, 0.2) is 15.5 Å². The fraction of sp³-hybridized carbons (Fsp3) is 0.615. The van der Waals surface area contributed by atoms with E-state index in [4.69, 9.17) is 5.73 Å². The first-order valence-corrected chi connectivity index (χ1v) is 7.65. The van der Waals surface area contributed by atoms with Crippen LogP contribution in [-0.4, -0.2) is 22.2 Å². The Morgan fingerprint density at radius 3 is 2.90 bits per heavy atom. The molecule has 0 atom stereocenters. The topological polar surface area (TPSA) is 90.0 Å². The zero-order valence-corrected chi connectivity index (χ0v) is 12.9. The van der Waals surface area contributed by atoms with Crippen LogP contribution in [-0.2, 0) is 11.3 Å². The van der Waals surface area contributed by atoms with Gasteiger partial charge in [-0.2, -0.15) is 5.10 Å². The van der Waals surface area contributed by atoms with Gasteiger partial charge in [-0.1, -0.05) is 6.42 Å². The summed E-state index contributed by atoms with van der Waals surface area (Å²) in [6.07, 6.45) is 6.14. The van der Waals surface area contributed by atoms with E-state index in [2.05, 4.69) is 26.3 Å². The summed E-state index contributed by atoms with van der Waals surface area (Å²) in [6.45, 7) is 1.21. The van der Waals surface area contributed by atoms with Gasteiger partial charge in [-0.25, -0.2) is 4.68 Å². The van der Waals surface area contributed by atoms with Crippen molar-refractivity contribution in [2.24, 2.45) is 11.7 Å². The lowest BCUT2D eigenvalue weighted by Crippen LogP contribution is -2.31. The molecule has 1 fully saturated rings. The smallest absolute Gasteiger partial charge is 0.291 e. The summed E-state index contributed by atoms with van der Waals surface area (Å²) >= 11 is 3.33. The van der Waals surface area contributed by atoms with Gasteiger partial charge in [0.2, 0.25) is 5.91 Å². The molecular weight excluding hydrogens is 324 g/mol. The molecule has 1 saturated carbocycles. The Hall–Kier alpha value is -1.37. The largest absolute Gasteiger partial charge is 0.380 e. The van der Waals surface area contributed by atoms with Crippen LogP contribution in [0, 0.1) is 5.92 Å². The predicted octanol–water partition coefficient (Wildman–Crippen LogP) is 1.48. The van der Waals surface area contributed by atoms with Crippen LogP contribution < -0.4 is 16.6 Å². The molecule has 2 rings (SSSR count). The van der Waals surface area contributed by atoms with Gasteiger partial charge in [0, 0.05) is 19.5 Å². The Morgan fingerprint density at radius 2 is 2.30 bits per heavy atom. The third-order valence-electron chi connectivity index (χ3n) is 3.56. The highest BCUT2D eigenvalue weighted by Gasteiger charge is 2.20. The van der Waals surface area contributed by atoms with Crippen LogP contribution >= 0.6 is 15.9 Å². The predicted molar refractivity (Wildman–Crippen MR) is 80.5 cm³/mol. The van der Waals surface area contributed by atoms with E-state index in [9.17, 15) is 9.59 Å². The number of carbonyl (C=O) groups is 1. The molecule has 6 nitrogen and oxygen atoms in total. The van der Waals surface area contributed by atoms with Crippen LogP contribution in [0.1, 0.15) is 32.1 Å². The number of nitrogens with two attached hydrogens (primary N) is 1. The number of nitrogens with zero attached hydrogens (tertiary/aromatic N) is 2. The number of primary amides is 1. The van der Waals surface area contributed by atoms with Gasteiger partial charge in [0.05, 0.1) is 10.7 Å². The van der Waals surface area contributed by atoms with Crippen molar-refractivity contribution in [3.05, 3.63) is 21.0 Å². The minimum Gasteiger partial charge on any atom is -0.380 e. The summed E-state index contributed by atoms with van der Waals surface area (Å²) in [4.78, 5) is 23.0. The lowest BCUT2D eigenvalue weighted by Gasteiger charge is -2.25. The van der Waals surface area contributed by atoms with Gasteiger partial charge in [-0.3, -0.25) is 9.59 Å². The molecule has 0 unspecified atom stereocenters. The van der Waals surface area contributed by atoms with Crippen molar-refractivity contribution < 1.29 is 4.79 Å². The zero-order chi connectivity index (χ0) is 14.5. The van der Waals surface area contributed by atoms with Crippen molar-refractivity contribution in [2.45, 2.75) is 38.6 Å². The van der Waals surface area contributed by atoms with Crippen molar-refractivity contribution in [1.82, 2.24) is 9.78 Å². The summed E-state index contributed by atoms with van der Waals surface area (Å²) in [6, 6.07) is 0. The number of hydrogen-bond donors (Lipinski definition) is 2. The normalized spacial score (nSPS) is 14.8. The van der Waals surface area contributed by atoms with E-state index in [1.165, 1.54) is 23.9 Å².